The van der Waals surface area contributed by atoms with E-state index in [1.165, 1.54) is 11.3 Å². The number of amides is 1. The van der Waals surface area contributed by atoms with Gasteiger partial charge in [-0.25, -0.2) is 4.98 Å². The van der Waals surface area contributed by atoms with Crippen molar-refractivity contribution >= 4 is 34.0 Å². The van der Waals surface area contributed by atoms with E-state index in [1.807, 2.05) is 0 Å². The number of carbonyl (C=O) groups is 1. The Labute approximate surface area is 121 Å². The Morgan fingerprint density at radius 3 is 2.90 bits per heavy atom. The number of nitrogens with two attached hydrogens (primary N) is 1. The smallest absolute Gasteiger partial charge is 0.270 e. The van der Waals surface area contributed by atoms with Gasteiger partial charge in [-0.1, -0.05) is 25.2 Å². The van der Waals surface area contributed by atoms with Crippen molar-refractivity contribution in [1.29, 1.82) is 0 Å². The molecule has 4 N–H and O–H groups in total. The Balaban J connectivity index is 2.06. The van der Waals surface area contributed by atoms with Crippen LogP contribution in [0.4, 0.5) is 16.8 Å². The van der Waals surface area contributed by atoms with Crippen molar-refractivity contribution in [2.45, 2.75) is 13.8 Å². The molecule has 0 aliphatic rings. The normalized spacial score (nSPS) is 10.8. The maximum absolute atomic E-state index is 12.1. The van der Waals surface area contributed by atoms with E-state index in [9.17, 15) is 4.79 Å². The van der Waals surface area contributed by atoms with Gasteiger partial charge >= 0.3 is 0 Å². The third-order valence-electron chi connectivity index (χ3n) is 2.48. The Bertz CT molecular complexity index is 603. The monoisotopic (exact) mass is 294 g/mol. The van der Waals surface area contributed by atoms with E-state index in [0.29, 0.717) is 21.7 Å². The van der Waals surface area contributed by atoms with Crippen molar-refractivity contribution in [1.82, 2.24) is 14.8 Å². The largest absolute Gasteiger partial charge is 0.382 e. The summed E-state index contributed by atoms with van der Waals surface area (Å²) in [5.74, 6) is 0.916. The summed E-state index contributed by atoms with van der Waals surface area (Å²) in [7, 11) is 1.78. The molecule has 0 aliphatic carbocycles. The first-order valence-electron chi connectivity index (χ1n) is 6.27. The van der Waals surface area contributed by atoms with Crippen molar-refractivity contribution < 1.29 is 4.79 Å². The fourth-order valence-corrected chi connectivity index (χ4v) is 2.30. The van der Waals surface area contributed by atoms with Gasteiger partial charge in [0.1, 0.15) is 10.7 Å². The van der Waals surface area contributed by atoms with Crippen LogP contribution in [0.2, 0.25) is 0 Å². The number of thiazole rings is 1. The van der Waals surface area contributed by atoms with Crippen LogP contribution in [0.25, 0.3) is 0 Å². The minimum absolute atomic E-state index is 0.231. The number of hydrogen-bond acceptors (Lipinski definition) is 6. The first-order valence-corrected chi connectivity index (χ1v) is 7.08. The Kier molecular flexibility index (Phi) is 4.23. The van der Waals surface area contributed by atoms with E-state index in [-0.39, 0.29) is 11.7 Å². The standard InChI is InChI=1S/C12H18N6OS/c1-7(2)6-14-12-16-10(13)9(20-12)11(19)15-8-4-5-18(3)17-8/h4-5,7H,6,13H2,1-3H3,(H,14,16)(H,15,17,19). The van der Waals surface area contributed by atoms with Crippen LogP contribution in [0.3, 0.4) is 0 Å². The fraction of sp³-hybridized carbons (Fsp3) is 0.417. The summed E-state index contributed by atoms with van der Waals surface area (Å²) in [6.45, 7) is 4.98. The number of nitrogens with one attached hydrogen (secondary N) is 2. The highest BCUT2D eigenvalue weighted by Crippen LogP contribution is 2.25. The highest BCUT2D eigenvalue weighted by atomic mass is 32.1. The second-order valence-corrected chi connectivity index (χ2v) is 5.84. The summed E-state index contributed by atoms with van der Waals surface area (Å²) in [6.07, 6.45) is 1.75. The number of anilines is 3. The molecule has 7 nitrogen and oxygen atoms in total. The predicted octanol–water partition coefficient (Wildman–Crippen LogP) is 1.78. The molecule has 2 aromatic rings. The summed E-state index contributed by atoms with van der Waals surface area (Å²) in [5.41, 5.74) is 5.78. The summed E-state index contributed by atoms with van der Waals surface area (Å²) in [4.78, 5) is 16.6. The van der Waals surface area contributed by atoms with E-state index >= 15 is 0 Å². The Morgan fingerprint density at radius 1 is 1.55 bits per heavy atom. The minimum atomic E-state index is -0.295. The van der Waals surface area contributed by atoms with Crippen molar-refractivity contribution in [3.05, 3.63) is 17.1 Å². The number of rotatable bonds is 5. The molecule has 0 radical (unpaired) electrons. The lowest BCUT2D eigenvalue weighted by Crippen LogP contribution is -2.12. The molecular formula is C12H18N6OS. The molecule has 0 unspecified atom stereocenters. The van der Waals surface area contributed by atoms with Gasteiger partial charge in [0, 0.05) is 25.9 Å². The molecular weight excluding hydrogens is 276 g/mol. The molecule has 0 bridgehead atoms. The summed E-state index contributed by atoms with van der Waals surface area (Å²) < 4.78 is 1.61. The van der Waals surface area contributed by atoms with Crippen LogP contribution in [-0.2, 0) is 7.05 Å². The predicted molar refractivity (Wildman–Crippen MR) is 81.0 cm³/mol. The van der Waals surface area contributed by atoms with E-state index in [0.717, 1.165) is 6.54 Å². The van der Waals surface area contributed by atoms with E-state index in [2.05, 4.69) is 34.6 Å². The zero-order valence-electron chi connectivity index (χ0n) is 11.7. The van der Waals surface area contributed by atoms with Crippen molar-refractivity contribution in [2.75, 3.05) is 22.9 Å². The third kappa shape index (κ3) is 3.47. The van der Waals surface area contributed by atoms with E-state index in [4.69, 9.17) is 5.73 Å². The molecule has 0 atom stereocenters. The van der Waals surface area contributed by atoms with Crippen LogP contribution in [0.1, 0.15) is 23.5 Å². The van der Waals surface area contributed by atoms with Crippen LogP contribution in [0, 0.1) is 5.92 Å². The molecule has 0 aromatic carbocycles. The van der Waals surface area contributed by atoms with Crippen molar-refractivity contribution in [3.8, 4) is 0 Å². The van der Waals surface area contributed by atoms with Gasteiger partial charge in [-0.15, -0.1) is 0 Å². The average molecular weight is 294 g/mol. The summed E-state index contributed by atoms with van der Waals surface area (Å²) in [6, 6.07) is 1.72. The number of aromatic nitrogens is 3. The maximum atomic E-state index is 12.1. The van der Waals surface area contributed by atoms with Crippen LogP contribution in [0.15, 0.2) is 12.3 Å². The number of aryl methyl sites for hydroxylation is 1. The molecule has 0 saturated heterocycles. The van der Waals surface area contributed by atoms with Crippen molar-refractivity contribution in [3.63, 3.8) is 0 Å². The van der Waals surface area contributed by atoms with E-state index in [1.54, 1.807) is 24.0 Å². The Hall–Kier alpha value is -2.09. The van der Waals surface area contributed by atoms with Crippen LogP contribution in [0.5, 0.6) is 0 Å². The van der Waals surface area contributed by atoms with Gasteiger partial charge in [0.2, 0.25) is 0 Å². The Morgan fingerprint density at radius 2 is 2.30 bits per heavy atom. The molecule has 2 heterocycles. The number of hydrogen-bond donors (Lipinski definition) is 3. The van der Waals surface area contributed by atoms with Crippen LogP contribution < -0.4 is 16.4 Å². The van der Waals surface area contributed by atoms with Gasteiger partial charge in [0.15, 0.2) is 10.9 Å². The van der Waals surface area contributed by atoms with E-state index < -0.39 is 0 Å². The molecule has 0 saturated carbocycles. The maximum Gasteiger partial charge on any atom is 0.270 e. The van der Waals surface area contributed by atoms with Gasteiger partial charge < -0.3 is 16.4 Å². The summed E-state index contributed by atoms with van der Waals surface area (Å²) >= 11 is 1.24. The minimum Gasteiger partial charge on any atom is -0.382 e. The average Bonchev–Trinajstić information content (AvgIpc) is 2.93. The number of nitrogen functional groups attached to an aromatic ring is 1. The molecule has 2 aromatic heterocycles. The zero-order chi connectivity index (χ0) is 14.7. The lowest BCUT2D eigenvalue weighted by molar-refractivity contribution is 0.103. The SMILES string of the molecule is CC(C)CNc1nc(N)c(C(=O)Nc2ccn(C)n2)s1. The molecule has 20 heavy (non-hydrogen) atoms. The highest BCUT2D eigenvalue weighted by molar-refractivity contribution is 7.18. The molecule has 0 aliphatic heterocycles. The van der Waals surface area contributed by atoms with Gasteiger partial charge in [0.25, 0.3) is 5.91 Å². The topological polar surface area (TPSA) is 97.9 Å². The number of carbonyl (C=O) groups excluding carboxylic acids is 1. The molecule has 2 rings (SSSR count). The molecule has 0 spiro atoms. The molecule has 108 valence electrons. The second kappa shape index (κ2) is 5.91. The number of nitrogens with zero attached hydrogens (tertiary/aromatic N) is 3. The van der Waals surface area contributed by atoms with Gasteiger partial charge in [0.05, 0.1) is 0 Å². The zero-order valence-corrected chi connectivity index (χ0v) is 12.5. The van der Waals surface area contributed by atoms with Gasteiger partial charge in [-0.05, 0) is 5.92 Å². The van der Waals surface area contributed by atoms with Gasteiger partial charge in [-0.3, -0.25) is 9.48 Å². The van der Waals surface area contributed by atoms with Crippen LogP contribution in [-0.4, -0.2) is 27.2 Å². The third-order valence-corrected chi connectivity index (χ3v) is 3.50. The van der Waals surface area contributed by atoms with Gasteiger partial charge in [-0.2, -0.15) is 5.10 Å². The highest BCUT2D eigenvalue weighted by Gasteiger charge is 2.17. The molecule has 0 fully saturated rings. The second-order valence-electron chi connectivity index (χ2n) is 4.84. The molecule has 8 heteroatoms. The molecule has 1 amide bonds. The fourth-order valence-electron chi connectivity index (χ4n) is 1.52. The first-order chi connectivity index (χ1) is 9.45. The summed E-state index contributed by atoms with van der Waals surface area (Å²) in [5, 5.41) is 10.6. The van der Waals surface area contributed by atoms with Crippen LogP contribution >= 0.6 is 11.3 Å². The van der Waals surface area contributed by atoms with Crippen molar-refractivity contribution in [2.24, 2.45) is 13.0 Å². The lowest BCUT2D eigenvalue weighted by atomic mass is 10.2. The lowest BCUT2D eigenvalue weighted by Gasteiger charge is -2.04. The quantitative estimate of drug-likeness (QED) is 0.781. The first kappa shape index (κ1) is 14.3.